The van der Waals surface area contributed by atoms with Gasteiger partial charge in [-0.05, 0) is 26.8 Å². The van der Waals surface area contributed by atoms with Crippen molar-refractivity contribution in [3.63, 3.8) is 0 Å². The summed E-state index contributed by atoms with van der Waals surface area (Å²) in [4.78, 5) is 0. The van der Waals surface area contributed by atoms with Crippen LogP contribution in [0.1, 0.15) is 0 Å². The van der Waals surface area contributed by atoms with Crippen LogP contribution in [0.3, 0.4) is 0 Å². The molecule has 0 saturated heterocycles. The summed E-state index contributed by atoms with van der Waals surface area (Å²) in [6.07, 6.45) is 0. The molecule has 4 rings (SSSR count). The highest BCUT2D eigenvalue weighted by Crippen LogP contribution is 2.12. The van der Waals surface area contributed by atoms with Gasteiger partial charge in [0.2, 0.25) is 0 Å². The summed E-state index contributed by atoms with van der Waals surface area (Å²) in [5, 5.41) is 5.27. The first-order valence-electron chi connectivity index (χ1n) is 8.85. The molecule has 0 bridgehead atoms. The lowest BCUT2D eigenvalue weighted by molar-refractivity contribution is 1.65. The fourth-order valence-corrected chi connectivity index (χ4v) is 8.74. The second-order valence-corrected chi connectivity index (χ2v) is 10.2. The molecule has 2 heteroatoms. The van der Waals surface area contributed by atoms with E-state index in [1.165, 1.54) is 20.7 Å². The Morgan fingerprint density at radius 3 is 1.15 bits per heavy atom. The fourth-order valence-electron chi connectivity index (χ4n) is 3.87. The molecule has 0 fully saturated rings. The SMILES string of the molecule is Nc1ccccc1[Si](c1ccccc1)(c1ccccc1)c1ccccc1. The van der Waals surface area contributed by atoms with Crippen LogP contribution in [0.4, 0.5) is 5.69 Å². The van der Waals surface area contributed by atoms with Crippen LogP contribution < -0.4 is 26.5 Å². The smallest absolute Gasteiger partial charge is 0.181 e. The third-order valence-electron chi connectivity index (χ3n) is 4.99. The van der Waals surface area contributed by atoms with Gasteiger partial charge in [-0.15, -0.1) is 0 Å². The molecule has 0 heterocycles. The third-order valence-corrected chi connectivity index (χ3v) is 9.85. The van der Waals surface area contributed by atoms with Gasteiger partial charge in [0.1, 0.15) is 0 Å². The van der Waals surface area contributed by atoms with E-state index in [2.05, 4.69) is 103 Å². The number of hydrogen-bond donors (Lipinski definition) is 1. The molecule has 0 amide bonds. The van der Waals surface area contributed by atoms with Crippen molar-refractivity contribution in [2.24, 2.45) is 0 Å². The summed E-state index contributed by atoms with van der Waals surface area (Å²) in [5.74, 6) is 0. The third kappa shape index (κ3) is 2.65. The van der Waals surface area contributed by atoms with E-state index in [1.54, 1.807) is 0 Å². The Morgan fingerprint density at radius 2 is 0.769 bits per heavy atom. The van der Waals surface area contributed by atoms with E-state index in [0.717, 1.165) is 5.69 Å². The van der Waals surface area contributed by atoms with Gasteiger partial charge in [0.05, 0.1) is 0 Å². The number of benzene rings is 4. The van der Waals surface area contributed by atoms with Crippen LogP contribution in [-0.2, 0) is 0 Å². The number of hydrogen-bond acceptors (Lipinski definition) is 1. The maximum absolute atomic E-state index is 6.55. The molecular weight excluding hydrogens is 330 g/mol. The van der Waals surface area contributed by atoms with Gasteiger partial charge < -0.3 is 5.73 Å². The molecule has 0 saturated carbocycles. The van der Waals surface area contributed by atoms with Crippen LogP contribution in [0, 0.1) is 0 Å². The number of anilines is 1. The average Bonchev–Trinajstić information content (AvgIpc) is 2.72. The van der Waals surface area contributed by atoms with Crippen molar-refractivity contribution in [1.29, 1.82) is 0 Å². The van der Waals surface area contributed by atoms with Crippen molar-refractivity contribution in [3.05, 3.63) is 115 Å². The normalized spacial score (nSPS) is 11.2. The van der Waals surface area contributed by atoms with Crippen LogP contribution in [0.25, 0.3) is 0 Å². The predicted molar refractivity (Wildman–Crippen MR) is 114 cm³/mol. The van der Waals surface area contributed by atoms with Gasteiger partial charge in [0, 0.05) is 5.69 Å². The fraction of sp³-hybridized carbons (Fsp3) is 0. The molecule has 26 heavy (non-hydrogen) atoms. The molecule has 2 N–H and O–H groups in total. The first-order chi connectivity index (χ1) is 12.8. The zero-order valence-corrected chi connectivity index (χ0v) is 15.5. The first kappa shape index (κ1) is 16.4. The lowest BCUT2D eigenvalue weighted by atomic mass is 10.3. The summed E-state index contributed by atoms with van der Waals surface area (Å²) in [6.45, 7) is 0. The molecule has 4 aromatic carbocycles. The molecule has 1 nitrogen and oxygen atoms in total. The lowest BCUT2D eigenvalue weighted by Gasteiger charge is -2.35. The van der Waals surface area contributed by atoms with E-state index < -0.39 is 8.07 Å². The topological polar surface area (TPSA) is 26.0 Å². The van der Waals surface area contributed by atoms with Crippen molar-refractivity contribution in [2.45, 2.75) is 0 Å². The van der Waals surface area contributed by atoms with Crippen molar-refractivity contribution in [1.82, 2.24) is 0 Å². The average molecular weight is 352 g/mol. The van der Waals surface area contributed by atoms with Gasteiger partial charge in [-0.1, -0.05) is 109 Å². The van der Waals surface area contributed by atoms with Gasteiger partial charge in [0.25, 0.3) is 0 Å². The molecule has 126 valence electrons. The monoisotopic (exact) mass is 351 g/mol. The molecule has 0 spiro atoms. The van der Waals surface area contributed by atoms with Crippen LogP contribution in [0.5, 0.6) is 0 Å². The standard InChI is InChI=1S/C24H21NSi/c25-23-18-10-11-19-24(23)26(20-12-4-1-5-13-20,21-14-6-2-7-15-21)22-16-8-3-9-17-22/h1-19H,25H2. The van der Waals surface area contributed by atoms with Gasteiger partial charge in [-0.25, -0.2) is 0 Å². The van der Waals surface area contributed by atoms with Crippen LogP contribution in [0.15, 0.2) is 115 Å². The van der Waals surface area contributed by atoms with E-state index in [9.17, 15) is 0 Å². The van der Waals surface area contributed by atoms with Crippen LogP contribution >= 0.6 is 0 Å². The molecule has 4 aromatic rings. The number of nitrogen functional groups attached to an aromatic ring is 1. The van der Waals surface area contributed by atoms with E-state index in [0.29, 0.717) is 0 Å². The molecule has 0 aromatic heterocycles. The van der Waals surface area contributed by atoms with E-state index in [-0.39, 0.29) is 0 Å². The highest BCUT2D eigenvalue weighted by molar-refractivity contribution is 7.20. The highest BCUT2D eigenvalue weighted by atomic mass is 28.3. The summed E-state index contributed by atoms with van der Waals surface area (Å²) in [6, 6.07) is 40.8. The second-order valence-electron chi connectivity index (χ2n) is 6.44. The number of nitrogens with two attached hydrogens (primary N) is 1. The van der Waals surface area contributed by atoms with Gasteiger partial charge in [-0.3, -0.25) is 0 Å². The van der Waals surface area contributed by atoms with E-state index in [1.807, 2.05) is 12.1 Å². The van der Waals surface area contributed by atoms with Crippen LogP contribution in [-0.4, -0.2) is 8.07 Å². The Hall–Kier alpha value is -3.10. The van der Waals surface area contributed by atoms with Gasteiger partial charge >= 0.3 is 0 Å². The maximum Gasteiger partial charge on any atom is 0.181 e. The minimum absolute atomic E-state index is 0.857. The largest absolute Gasteiger partial charge is 0.399 e. The second kappa shape index (κ2) is 7.02. The molecule has 0 radical (unpaired) electrons. The van der Waals surface area contributed by atoms with Crippen molar-refractivity contribution >= 4 is 34.5 Å². The summed E-state index contributed by atoms with van der Waals surface area (Å²) >= 11 is 0. The zero-order valence-electron chi connectivity index (χ0n) is 14.5. The molecule has 0 unspecified atom stereocenters. The molecular formula is C24H21NSi. The van der Waals surface area contributed by atoms with E-state index in [4.69, 9.17) is 5.73 Å². The Morgan fingerprint density at radius 1 is 0.423 bits per heavy atom. The first-order valence-corrected chi connectivity index (χ1v) is 10.8. The summed E-state index contributed by atoms with van der Waals surface area (Å²) in [7, 11) is -2.47. The van der Waals surface area contributed by atoms with Crippen molar-refractivity contribution in [2.75, 3.05) is 5.73 Å². The Balaban J connectivity index is 2.17. The zero-order chi connectivity index (χ0) is 17.8. The number of rotatable bonds is 4. The lowest BCUT2D eigenvalue weighted by Crippen LogP contribution is -2.75. The Labute approximate surface area is 155 Å². The molecule has 0 aliphatic heterocycles. The van der Waals surface area contributed by atoms with Crippen molar-refractivity contribution in [3.8, 4) is 0 Å². The quantitative estimate of drug-likeness (QED) is 0.341. The minimum Gasteiger partial charge on any atom is -0.399 e. The molecule has 0 atom stereocenters. The minimum atomic E-state index is -2.47. The van der Waals surface area contributed by atoms with E-state index >= 15 is 0 Å². The Bertz CT molecular complexity index is 885. The van der Waals surface area contributed by atoms with Gasteiger partial charge in [-0.2, -0.15) is 0 Å². The highest BCUT2D eigenvalue weighted by Gasteiger charge is 2.42. The Kier molecular flexibility index (Phi) is 4.42. The predicted octanol–water partition coefficient (Wildman–Crippen LogP) is 2.65. The van der Waals surface area contributed by atoms with Crippen LogP contribution in [0.2, 0.25) is 0 Å². The number of para-hydroxylation sites is 1. The maximum atomic E-state index is 6.55. The summed E-state index contributed by atoms with van der Waals surface area (Å²) in [5.41, 5.74) is 7.41. The van der Waals surface area contributed by atoms with Crippen molar-refractivity contribution < 1.29 is 0 Å². The molecule has 0 aliphatic rings. The van der Waals surface area contributed by atoms with Gasteiger partial charge in [0.15, 0.2) is 8.07 Å². The summed E-state index contributed by atoms with van der Waals surface area (Å²) < 4.78 is 0. The molecule has 0 aliphatic carbocycles.